The number of nitrogens with one attached hydrogen (secondary N) is 2. The number of carbonyl (C=O) groups is 1. The summed E-state index contributed by atoms with van der Waals surface area (Å²) in [5.41, 5.74) is 0. The maximum absolute atomic E-state index is 11.7. The molecule has 0 spiro atoms. The van der Waals surface area contributed by atoms with E-state index in [1.165, 1.54) is 32.4 Å². The molecule has 2 N–H and O–H groups in total. The normalized spacial score (nSPS) is 20.8. The van der Waals surface area contributed by atoms with Crippen LogP contribution in [-0.4, -0.2) is 80.8 Å². The molecular weight excluding hydrogens is 306 g/mol. The monoisotopic (exact) mass is 339 g/mol. The number of rotatable bonds is 5. The molecule has 2 rings (SSSR count). The minimum absolute atomic E-state index is 0.194. The van der Waals surface area contributed by atoms with Crippen LogP contribution < -0.4 is 10.6 Å². The fourth-order valence-corrected chi connectivity index (χ4v) is 3.32. The second-order valence-electron chi connectivity index (χ2n) is 6.51. The van der Waals surface area contributed by atoms with Crippen molar-refractivity contribution < 1.29 is 9.53 Å². The Hall–Kier alpha value is -1.50. The predicted octanol–water partition coefficient (Wildman–Crippen LogP) is 1.26. The molecule has 2 heterocycles. The van der Waals surface area contributed by atoms with E-state index in [0.717, 1.165) is 45.0 Å². The van der Waals surface area contributed by atoms with Gasteiger partial charge in [0.05, 0.1) is 6.61 Å². The van der Waals surface area contributed by atoms with Crippen molar-refractivity contribution in [2.75, 3.05) is 52.9 Å². The van der Waals surface area contributed by atoms with Crippen molar-refractivity contribution in [1.29, 1.82) is 0 Å². The third-order valence-electron chi connectivity index (χ3n) is 4.75. The highest BCUT2D eigenvalue weighted by atomic mass is 16.6. The number of ether oxygens (including phenoxy) is 1. The number of piperidine rings is 2. The highest BCUT2D eigenvalue weighted by molar-refractivity contribution is 5.80. The smallest absolute Gasteiger partial charge is 0.409 e. The van der Waals surface area contributed by atoms with Crippen molar-refractivity contribution >= 4 is 12.1 Å². The summed E-state index contributed by atoms with van der Waals surface area (Å²) in [7, 11) is 1.81. The third-order valence-corrected chi connectivity index (χ3v) is 4.75. The van der Waals surface area contributed by atoms with Gasteiger partial charge in [0.25, 0.3) is 0 Å². The molecule has 0 unspecified atom stereocenters. The van der Waals surface area contributed by atoms with Crippen molar-refractivity contribution in [3.05, 3.63) is 0 Å². The Labute approximate surface area is 145 Å². The summed E-state index contributed by atoms with van der Waals surface area (Å²) in [5.74, 6) is 0.863. The molecule has 138 valence electrons. The molecule has 0 radical (unpaired) electrons. The number of aliphatic imine (C=N–C) groups is 1. The quantitative estimate of drug-likeness (QED) is 0.583. The lowest BCUT2D eigenvalue weighted by Crippen LogP contribution is -2.50. The highest BCUT2D eigenvalue weighted by Gasteiger charge is 2.24. The average molecular weight is 339 g/mol. The van der Waals surface area contributed by atoms with Crippen LogP contribution >= 0.6 is 0 Å². The molecule has 7 nitrogen and oxygen atoms in total. The molecule has 2 aliphatic rings. The fourth-order valence-electron chi connectivity index (χ4n) is 3.32. The minimum atomic E-state index is -0.194. The van der Waals surface area contributed by atoms with Gasteiger partial charge in [0.2, 0.25) is 0 Å². The van der Waals surface area contributed by atoms with Crippen molar-refractivity contribution in [2.45, 2.75) is 45.1 Å². The first-order valence-electron chi connectivity index (χ1n) is 9.34. The van der Waals surface area contributed by atoms with Gasteiger partial charge in [0, 0.05) is 39.3 Å². The van der Waals surface area contributed by atoms with E-state index in [2.05, 4.69) is 20.5 Å². The first kappa shape index (κ1) is 18.8. The summed E-state index contributed by atoms with van der Waals surface area (Å²) < 4.78 is 5.06. The number of guanidine groups is 1. The van der Waals surface area contributed by atoms with Crippen LogP contribution in [0.2, 0.25) is 0 Å². The molecule has 2 aliphatic heterocycles. The molecule has 7 heteroatoms. The zero-order valence-corrected chi connectivity index (χ0v) is 15.2. The van der Waals surface area contributed by atoms with Gasteiger partial charge in [-0.25, -0.2) is 4.79 Å². The maximum Gasteiger partial charge on any atom is 0.409 e. The molecule has 0 saturated carbocycles. The van der Waals surface area contributed by atoms with Gasteiger partial charge in [-0.1, -0.05) is 6.42 Å². The SMILES string of the molecule is CCOC(=O)N1CCC(NC(=NC)NCCN2CCCCC2)CC1. The van der Waals surface area contributed by atoms with Gasteiger partial charge in [-0.05, 0) is 45.7 Å². The van der Waals surface area contributed by atoms with Crippen LogP contribution in [0.15, 0.2) is 4.99 Å². The Kier molecular flexibility index (Phi) is 8.15. The predicted molar refractivity (Wildman–Crippen MR) is 96.4 cm³/mol. The lowest BCUT2D eigenvalue weighted by Gasteiger charge is -2.32. The zero-order chi connectivity index (χ0) is 17.2. The lowest BCUT2D eigenvalue weighted by molar-refractivity contribution is 0.0963. The van der Waals surface area contributed by atoms with Gasteiger partial charge in [0.15, 0.2) is 5.96 Å². The summed E-state index contributed by atoms with van der Waals surface area (Å²) in [6.07, 6.45) is 5.67. The van der Waals surface area contributed by atoms with Gasteiger partial charge >= 0.3 is 6.09 Å². The molecule has 2 saturated heterocycles. The summed E-state index contributed by atoms with van der Waals surface area (Å²) >= 11 is 0. The Bertz CT molecular complexity index is 402. The molecule has 0 aromatic heterocycles. The first-order chi connectivity index (χ1) is 11.7. The summed E-state index contributed by atoms with van der Waals surface area (Å²) in [6.45, 7) is 8.18. The summed E-state index contributed by atoms with van der Waals surface area (Å²) in [4.78, 5) is 20.3. The van der Waals surface area contributed by atoms with Gasteiger partial charge in [-0.3, -0.25) is 4.99 Å². The molecule has 0 aromatic carbocycles. The topological polar surface area (TPSA) is 69.2 Å². The minimum Gasteiger partial charge on any atom is -0.450 e. The number of nitrogens with zero attached hydrogens (tertiary/aromatic N) is 3. The van der Waals surface area contributed by atoms with E-state index in [4.69, 9.17) is 4.74 Å². The second kappa shape index (κ2) is 10.4. The molecule has 0 atom stereocenters. The van der Waals surface area contributed by atoms with Crippen LogP contribution in [0.3, 0.4) is 0 Å². The van der Waals surface area contributed by atoms with E-state index in [-0.39, 0.29) is 6.09 Å². The van der Waals surface area contributed by atoms with Crippen LogP contribution in [0.1, 0.15) is 39.0 Å². The molecule has 24 heavy (non-hydrogen) atoms. The maximum atomic E-state index is 11.7. The largest absolute Gasteiger partial charge is 0.450 e. The van der Waals surface area contributed by atoms with Crippen LogP contribution in [0, 0.1) is 0 Å². The van der Waals surface area contributed by atoms with Crippen LogP contribution in [0.4, 0.5) is 4.79 Å². The number of hydrogen-bond donors (Lipinski definition) is 2. The van der Waals surface area contributed by atoms with E-state index in [1.54, 1.807) is 4.90 Å². The molecule has 2 fully saturated rings. The van der Waals surface area contributed by atoms with Gasteiger partial charge in [-0.2, -0.15) is 0 Å². The Balaban J connectivity index is 1.63. The highest BCUT2D eigenvalue weighted by Crippen LogP contribution is 2.11. The molecule has 0 bridgehead atoms. The summed E-state index contributed by atoms with van der Waals surface area (Å²) in [5, 5.41) is 6.89. The van der Waals surface area contributed by atoms with Gasteiger partial charge < -0.3 is 25.2 Å². The van der Waals surface area contributed by atoms with Crippen LogP contribution in [0.5, 0.6) is 0 Å². The zero-order valence-electron chi connectivity index (χ0n) is 15.2. The number of hydrogen-bond acceptors (Lipinski definition) is 4. The van der Waals surface area contributed by atoms with Crippen LogP contribution in [0.25, 0.3) is 0 Å². The fraction of sp³-hybridized carbons (Fsp3) is 0.882. The lowest BCUT2D eigenvalue weighted by atomic mass is 10.1. The molecule has 0 aliphatic carbocycles. The second-order valence-corrected chi connectivity index (χ2v) is 6.51. The Morgan fingerprint density at radius 1 is 1.17 bits per heavy atom. The van der Waals surface area contributed by atoms with E-state index in [0.29, 0.717) is 12.6 Å². The number of amides is 1. The average Bonchev–Trinajstić information content (AvgIpc) is 2.62. The molecule has 0 aromatic rings. The molecular formula is C17H33N5O2. The van der Waals surface area contributed by atoms with Gasteiger partial charge in [-0.15, -0.1) is 0 Å². The van der Waals surface area contributed by atoms with E-state index in [9.17, 15) is 4.79 Å². The molecule has 1 amide bonds. The number of likely N-dealkylation sites (tertiary alicyclic amines) is 2. The van der Waals surface area contributed by atoms with E-state index in [1.807, 2.05) is 14.0 Å². The van der Waals surface area contributed by atoms with Crippen molar-refractivity contribution in [2.24, 2.45) is 4.99 Å². The van der Waals surface area contributed by atoms with E-state index < -0.39 is 0 Å². The first-order valence-corrected chi connectivity index (χ1v) is 9.34. The summed E-state index contributed by atoms with van der Waals surface area (Å²) in [6, 6.07) is 0.358. The van der Waals surface area contributed by atoms with Crippen LogP contribution in [-0.2, 0) is 4.74 Å². The van der Waals surface area contributed by atoms with E-state index >= 15 is 0 Å². The Morgan fingerprint density at radius 2 is 1.88 bits per heavy atom. The number of carbonyl (C=O) groups excluding carboxylic acids is 1. The van der Waals surface area contributed by atoms with Crippen molar-refractivity contribution in [3.63, 3.8) is 0 Å². The van der Waals surface area contributed by atoms with Gasteiger partial charge in [0.1, 0.15) is 0 Å². The standard InChI is InChI=1S/C17H33N5O2/c1-3-24-17(23)22-12-7-15(8-13-22)20-16(18-2)19-9-14-21-10-5-4-6-11-21/h15H,3-14H2,1-2H3,(H2,18,19,20). The third kappa shape index (κ3) is 6.19. The Morgan fingerprint density at radius 3 is 2.50 bits per heavy atom. The van der Waals surface area contributed by atoms with Crippen molar-refractivity contribution in [1.82, 2.24) is 20.4 Å². The van der Waals surface area contributed by atoms with Crippen molar-refractivity contribution in [3.8, 4) is 0 Å².